The number of nitrogens with two attached hydrogens (primary N) is 1. The highest BCUT2D eigenvalue weighted by Crippen LogP contribution is 2.36. The van der Waals surface area contributed by atoms with E-state index in [-0.39, 0.29) is 24.2 Å². The molecule has 0 spiro atoms. The zero-order chi connectivity index (χ0) is 12.3. The molecule has 1 aliphatic carbocycles. The van der Waals surface area contributed by atoms with Gasteiger partial charge in [-0.3, -0.25) is 4.79 Å². The van der Waals surface area contributed by atoms with Crippen LogP contribution in [0.4, 0.5) is 0 Å². The number of amides is 1. The van der Waals surface area contributed by atoms with Crippen LogP contribution in [0.5, 0.6) is 0 Å². The number of nitrogens with one attached hydrogen (secondary N) is 1. The lowest BCUT2D eigenvalue weighted by atomic mass is 9.98. The molecule has 0 heterocycles. The van der Waals surface area contributed by atoms with Gasteiger partial charge in [0.15, 0.2) is 0 Å². The zero-order valence-electron chi connectivity index (χ0n) is 10.6. The Hall–Kier alpha value is -1.06. The van der Waals surface area contributed by atoms with Crippen molar-refractivity contribution in [3.8, 4) is 0 Å². The fraction of sp³-hybridized carbons (Fsp3) is 0.500. The molecule has 3 N–H and O–H groups in total. The Balaban J connectivity index is 0.00000162. The Labute approximate surface area is 115 Å². The highest BCUT2D eigenvalue weighted by molar-refractivity contribution is 5.85. The number of carbonyl (C=O) groups excluding carboxylic acids is 1. The topological polar surface area (TPSA) is 55.1 Å². The van der Waals surface area contributed by atoms with Crippen LogP contribution in [0.25, 0.3) is 0 Å². The lowest BCUT2D eigenvalue weighted by molar-refractivity contribution is -0.122. The molecule has 1 amide bonds. The van der Waals surface area contributed by atoms with Gasteiger partial charge >= 0.3 is 0 Å². The molecule has 1 aromatic rings. The van der Waals surface area contributed by atoms with Gasteiger partial charge in [-0.1, -0.05) is 37.3 Å². The summed E-state index contributed by atoms with van der Waals surface area (Å²) >= 11 is 0. The summed E-state index contributed by atoms with van der Waals surface area (Å²) in [6.07, 6.45) is 1.24. The normalized spacial score (nSPS) is 22.8. The van der Waals surface area contributed by atoms with Gasteiger partial charge < -0.3 is 11.1 Å². The van der Waals surface area contributed by atoms with E-state index in [1.807, 2.05) is 30.3 Å². The van der Waals surface area contributed by atoms with Crippen molar-refractivity contribution in [3.63, 3.8) is 0 Å². The molecular formula is C14H21ClN2O. The molecule has 0 radical (unpaired) electrons. The summed E-state index contributed by atoms with van der Waals surface area (Å²) in [6, 6.07) is 9.73. The smallest absolute Gasteiger partial charge is 0.228 e. The Kier molecular flexibility index (Phi) is 5.63. The number of carbonyl (C=O) groups is 1. The maximum atomic E-state index is 12.0. The van der Waals surface area contributed by atoms with E-state index in [9.17, 15) is 4.79 Å². The maximum Gasteiger partial charge on any atom is 0.228 e. The monoisotopic (exact) mass is 268 g/mol. The van der Waals surface area contributed by atoms with E-state index < -0.39 is 0 Å². The molecule has 0 saturated heterocycles. The summed E-state index contributed by atoms with van der Waals surface area (Å²) in [5, 5.41) is 3.01. The predicted octanol–water partition coefficient (Wildman–Crippen LogP) is 1.92. The van der Waals surface area contributed by atoms with Crippen LogP contribution in [0.15, 0.2) is 30.3 Å². The summed E-state index contributed by atoms with van der Waals surface area (Å²) in [7, 11) is 0. The molecule has 0 aromatic heterocycles. The van der Waals surface area contributed by atoms with Crippen molar-refractivity contribution >= 4 is 18.3 Å². The summed E-state index contributed by atoms with van der Waals surface area (Å²) in [6.45, 7) is 3.37. The first-order valence-electron chi connectivity index (χ1n) is 6.25. The lowest BCUT2D eigenvalue weighted by Gasteiger charge is -2.15. The van der Waals surface area contributed by atoms with Crippen LogP contribution < -0.4 is 11.1 Å². The Bertz CT molecular complexity index is 383. The van der Waals surface area contributed by atoms with E-state index in [2.05, 4.69) is 12.2 Å². The largest absolute Gasteiger partial charge is 0.355 e. The molecule has 18 heavy (non-hydrogen) atoms. The standard InChI is InChI=1S/C14H20N2O.ClH/c1-10-7-12(10)9-16-14(17)13(8-15)11-5-3-2-4-6-11;/h2-6,10,12-13H,7-9,15H2,1H3,(H,16,17);1H. The van der Waals surface area contributed by atoms with E-state index in [0.29, 0.717) is 12.5 Å². The van der Waals surface area contributed by atoms with Crippen LogP contribution in [-0.4, -0.2) is 19.0 Å². The SMILES string of the molecule is CC1CC1CNC(=O)C(CN)c1ccccc1.Cl. The zero-order valence-corrected chi connectivity index (χ0v) is 11.5. The average molecular weight is 269 g/mol. The fourth-order valence-electron chi connectivity index (χ4n) is 2.12. The van der Waals surface area contributed by atoms with Gasteiger partial charge in [-0.25, -0.2) is 0 Å². The van der Waals surface area contributed by atoms with Gasteiger partial charge in [0, 0.05) is 13.1 Å². The second-order valence-corrected chi connectivity index (χ2v) is 4.92. The van der Waals surface area contributed by atoms with E-state index in [1.54, 1.807) is 0 Å². The Morgan fingerprint density at radius 1 is 1.44 bits per heavy atom. The highest BCUT2D eigenvalue weighted by atomic mass is 35.5. The Morgan fingerprint density at radius 3 is 2.56 bits per heavy atom. The minimum absolute atomic E-state index is 0. The predicted molar refractivity (Wildman–Crippen MR) is 75.8 cm³/mol. The molecule has 0 aliphatic heterocycles. The summed E-state index contributed by atoms with van der Waals surface area (Å²) in [5.41, 5.74) is 6.69. The van der Waals surface area contributed by atoms with Crippen LogP contribution in [0.2, 0.25) is 0 Å². The van der Waals surface area contributed by atoms with Gasteiger partial charge in [0.05, 0.1) is 5.92 Å². The van der Waals surface area contributed by atoms with Gasteiger partial charge in [-0.2, -0.15) is 0 Å². The lowest BCUT2D eigenvalue weighted by Crippen LogP contribution is -2.34. The number of benzene rings is 1. The third-order valence-electron chi connectivity index (χ3n) is 3.57. The quantitative estimate of drug-likeness (QED) is 0.857. The minimum atomic E-state index is -0.217. The third-order valence-corrected chi connectivity index (χ3v) is 3.57. The van der Waals surface area contributed by atoms with Crippen LogP contribution in [0, 0.1) is 11.8 Å². The number of hydrogen-bond acceptors (Lipinski definition) is 2. The minimum Gasteiger partial charge on any atom is -0.355 e. The van der Waals surface area contributed by atoms with Crippen LogP contribution in [0.1, 0.15) is 24.8 Å². The summed E-state index contributed by atoms with van der Waals surface area (Å²) < 4.78 is 0. The van der Waals surface area contributed by atoms with E-state index >= 15 is 0 Å². The molecule has 3 nitrogen and oxygen atoms in total. The molecule has 3 atom stereocenters. The molecule has 1 fully saturated rings. The molecule has 1 aromatic carbocycles. The van der Waals surface area contributed by atoms with Gasteiger partial charge in [-0.15, -0.1) is 12.4 Å². The number of rotatable bonds is 5. The molecule has 2 rings (SSSR count). The van der Waals surface area contributed by atoms with Crippen molar-refractivity contribution in [1.29, 1.82) is 0 Å². The van der Waals surface area contributed by atoms with Crippen molar-refractivity contribution < 1.29 is 4.79 Å². The van der Waals surface area contributed by atoms with Gasteiger partial charge in [0.2, 0.25) is 5.91 Å². The number of halogens is 1. The molecular weight excluding hydrogens is 248 g/mol. The fourth-order valence-corrected chi connectivity index (χ4v) is 2.12. The first-order valence-corrected chi connectivity index (χ1v) is 6.25. The van der Waals surface area contributed by atoms with Crippen LogP contribution in [0.3, 0.4) is 0 Å². The highest BCUT2D eigenvalue weighted by Gasteiger charge is 2.33. The molecule has 1 saturated carbocycles. The van der Waals surface area contributed by atoms with Crippen LogP contribution >= 0.6 is 12.4 Å². The third kappa shape index (κ3) is 3.72. The van der Waals surface area contributed by atoms with Crippen molar-refractivity contribution in [1.82, 2.24) is 5.32 Å². The van der Waals surface area contributed by atoms with E-state index in [0.717, 1.165) is 18.0 Å². The maximum absolute atomic E-state index is 12.0. The van der Waals surface area contributed by atoms with Gasteiger partial charge in [0.25, 0.3) is 0 Å². The van der Waals surface area contributed by atoms with E-state index in [4.69, 9.17) is 5.73 Å². The van der Waals surface area contributed by atoms with Crippen molar-refractivity contribution in [2.24, 2.45) is 17.6 Å². The molecule has 4 heteroatoms. The molecule has 0 bridgehead atoms. The van der Waals surface area contributed by atoms with Crippen molar-refractivity contribution in [2.75, 3.05) is 13.1 Å². The molecule has 3 unspecified atom stereocenters. The molecule has 1 aliphatic rings. The molecule has 100 valence electrons. The van der Waals surface area contributed by atoms with Crippen molar-refractivity contribution in [2.45, 2.75) is 19.3 Å². The summed E-state index contributed by atoms with van der Waals surface area (Å²) in [4.78, 5) is 12.0. The summed E-state index contributed by atoms with van der Waals surface area (Å²) in [5.74, 6) is 1.28. The second-order valence-electron chi connectivity index (χ2n) is 4.92. The van der Waals surface area contributed by atoms with Gasteiger partial charge in [0.1, 0.15) is 0 Å². The second kappa shape index (κ2) is 6.76. The first-order chi connectivity index (χ1) is 8.22. The van der Waals surface area contributed by atoms with Crippen LogP contribution in [-0.2, 0) is 4.79 Å². The Morgan fingerprint density at radius 2 is 2.06 bits per heavy atom. The number of hydrogen-bond donors (Lipinski definition) is 2. The van der Waals surface area contributed by atoms with Crippen molar-refractivity contribution in [3.05, 3.63) is 35.9 Å². The average Bonchev–Trinajstić information content (AvgIpc) is 3.05. The van der Waals surface area contributed by atoms with E-state index in [1.165, 1.54) is 6.42 Å². The van der Waals surface area contributed by atoms with Gasteiger partial charge in [-0.05, 0) is 23.8 Å². The first kappa shape index (κ1) is 15.0.